The maximum atomic E-state index is 12.6. The van der Waals surface area contributed by atoms with Gasteiger partial charge in [0.25, 0.3) is 0 Å². The average molecular weight is 347 g/mol. The van der Waals surface area contributed by atoms with Gasteiger partial charge in [0.15, 0.2) is 0 Å². The van der Waals surface area contributed by atoms with E-state index in [1.807, 2.05) is 13.1 Å². The Balaban J connectivity index is 2.19. The van der Waals surface area contributed by atoms with E-state index in [9.17, 15) is 8.42 Å². The largest absolute Gasteiger partial charge is 0.319 e. The van der Waals surface area contributed by atoms with E-state index < -0.39 is 10.0 Å². The Labute approximate surface area is 123 Å². The van der Waals surface area contributed by atoms with Gasteiger partial charge in [-0.2, -0.15) is 4.31 Å². The van der Waals surface area contributed by atoms with Crippen molar-refractivity contribution < 1.29 is 8.42 Å². The monoisotopic (exact) mass is 346 g/mol. The van der Waals surface area contributed by atoms with Crippen molar-refractivity contribution in [2.45, 2.75) is 17.7 Å². The number of sulfonamides is 1. The summed E-state index contributed by atoms with van der Waals surface area (Å²) in [5, 5.41) is 3.13. The topological polar surface area (TPSA) is 49.4 Å². The summed E-state index contributed by atoms with van der Waals surface area (Å²) >= 11 is 3.32. The molecule has 0 saturated carbocycles. The normalized spacial score (nSPS) is 21.5. The molecule has 1 saturated heterocycles. The summed E-state index contributed by atoms with van der Waals surface area (Å²) in [4.78, 5) is 0.368. The first-order chi connectivity index (χ1) is 9.04. The second-order valence-electron chi connectivity index (χ2n) is 4.89. The molecular weight excluding hydrogens is 328 g/mol. The van der Waals surface area contributed by atoms with Gasteiger partial charge < -0.3 is 5.32 Å². The third-order valence-corrected chi connectivity index (χ3v) is 5.76. The molecule has 1 N–H and O–H groups in total. The maximum absolute atomic E-state index is 12.6. The van der Waals surface area contributed by atoms with Crippen molar-refractivity contribution in [3.63, 3.8) is 0 Å². The van der Waals surface area contributed by atoms with Crippen LogP contribution in [0.4, 0.5) is 0 Å². The molecule has 1 unspecified atom stereocenters. The van der Waals surface area contributed by atoms with Crippen LogP contribution in [0.2, 0.25) is 0 Å². The van der Waals surface area contributed by atoms with E-state index in [-0.39, 0.29) is 0 Å². The summed E-state index contributed by atoms with van der Waals surface area (Å²) in [6.07, 6.45) is 2.02. The lowest BCUT2D eigenvalue weighted by Gasteiger charge is -2.31. The zero-order valence-corrected chi connectivity index (χ0v) is 13.4. The molecule has 0 aliphatic carbocycles. The van der Waals surface area contributed by atoms with Crippen LogP contribution < -0.4 is 5.32 Å². The fourth-order valence-electron chi connectivity index (χ4n) is 2.48. The van der Waals surface area contributed by atoms with Gasteiger partial charge in [-0.3, -0.25) is 0 Å². The van der Waals surface area contributed by atoms with Crippen molar-refractivity contribution in [2.24, 2.45) is 5.92 Å². The summed E-state index contributed by atoms with van der Waals surface area (Å²) in [7, 11) is -1.46. The Hall–Kier alpha value is -0.430. The van der Waals surface area contributed by atoms with E-state index >= 15 is 0 Å². The van der Waals surface area contributed by atoms with Gasteiger partial charge in [-0.25, -0.2) is 8.42 Å². The van der Waals surface area contributed by atoms with Crippen LogP contribution in [0.25, 0.3) is 0 Å². The third-order valence-electron chi connectivity index (χ3n) is 3.41. The Morgan fingerprint density at radius 2 is 2.26 bits per heavy atom. The minimum absolute atomic E-state index is 0.368. The van der Waals surface area contributed by atoms with E-state index in [1.54, 1.807) is 22.5 Å². The zero-order chi connectivity index (χ0) is 13.9. The van der Waals surface area contributed by atoms with Gasteiger partial charge >= 0.3 is 0 Å². The lowest BCUT2D eigenvalue weighted by Crippen LogP contribution is -2.42. The Morgan fingerprint density at radius 3 is 2.95 bits per heavy atom. The van der Waals surface area contributed by atoms with Crippen molar-refractivity contribution in [1.29, 1.82) is 0 Å². The summed E-state index contributed by atoms with van der Waals surface area (Å²) in [5.41, 5.74) is 0. The quantitative estimate of drug-likeness (QED) is 0.907. The van der Waals surface area contributed by atoms with Crippen LogP contribution in [0.15, 0.2) is 33.6 Å². The molecule has 1 aliphatic rings. The van der Waals surface area contributed by atoms with Crippen molar-refractivity contribution >= 4 is 26.0 Å². The van der Waals surface area contributed by atoms with Crippen molar-refractivity contribution in [2.75, 3.05) is 26.7 Å². The number of halogens is 1. The Kier molecular flexibility index (Phi) is 5.00. The van der Waals surface area contributed by atoms with E-state index in [4.69, 9.17) is 0 Å². The fourth-order valence-corrected chi connectivity index (χ4v) is 4.63. The number of nitrogens with zero attached hydrogens (tertiary/aromatic N) is 1. The summed E-state index contributed by atoms with van der Waals surface area (Å²) in [6, 6.07) is 6.91. The Morgan fingerprint density at radius 1 is 1.47 bits per heavy atom. The molecular formula is C13H19BrN2O2S. The highest BCUT2D eigenvalue weighted by Crippen LogP contribution is 2.25. The molecule has 1 aliphatic heterocycles. The van der Waals surface area contributed by atoms with E-state index in [0.29, 0.717) is 23.9 Å². The maximum Gasteiger partial charge on any atom is 0.243 e. The lowest BCUT2D eigenvalue weighted by atomic mass is 10.00. The lowest BCUT2D eigenvalue weighted by molar-refractivity contribution is 0.263. The number of hydrogen-bond acceptors (Lipinski definition) is 3. The molecule has 1 fully saturated rings. The molecule has 4 nitrogen and oxygen atoms in total. The number of piperidine rings is 1. The van der Waals surface area contributed by atoms with Gasteiger partial charge in [0.05, 0.1) is 4.90 Å². The van der Waals surface area contributed by atoms with Crippen LogP contribution in [0.5, 0.6) is 0 Å². The van der Waals surface area contributed by atoms with E-state index in [0.717, 1.165) is 23.9 Å². The molecule has 1 heterocycles. The number of nitrogens with one attached hydrogen (secondary N) is 1. The van der Waals surface area contributed by atoms with Crippen molar-refractivity contribution in [3.8, 4) is 0 Å². The van der Waals surface area contributed by atoms with Gasteiger partial charge in [0.2, 0.25) is 10.0 Å². The molecule has 6 heteroatoms. The molecule has 0 spiro atoms. The highest BCUT2D eigenvalue weighted by Gasteiger charge is 2.29. The van der Waals surface area contributed by atoms with Gasteiger partial charge in [0, 0.05) is 17.6 Å². The molecule has 0 radical (unpaired) electrons. The first kappa shape index (κ1) is 15.0. The van der Waals surface area contributed by atoms with Gasteiger partial charge in [0.1, 0.15) is 0 Å². The summed E-state index contributed by atoms with van der Waals surface area (Å²) in [5.74, 6) is 0.403. The van der Waals surface area contributed by atoms with Crippen LogP contribution in [0.1, 0.15) is 12.8 Å². The SMILES string of the molecule is CNCC1CCCN(S(=O)(=O)c2cccc(Br)c2)C1. The average Bonchev–Trinajstić information content (AvgIpc) is 2.39. The molecule has 1 atom stereocenters. The minimum Gasteiger partial charge on any atom is -0.319 e. The predicted octanol–water partition coefficient (Wildman–Crippen LogP) is 2.07. The standard InChI is InChI=1S/C13H19BrN2O2S/c1-15-9-11-4-3-7-16(10-11)19(17,18)13-6-2-5-12(14)8-13/h2,5-6,8,11,15H,3-4,7,9-10H2,1H3. The van der Waals surface area contributed by atoms with Gasteiger partial charge in [-0.15, -0.1) is 0 Å². The Bertz CT molecular complexity index is 531. The molecule has 19 heavy (non-hydrogen) atoms. The first-order valence-corrected chi connectivity index (χ1v) is 8.67. The van der Waals surface area contributed by atoms with Crippen LogP contribution >= 0.6 is 15.9 Å². The molecule has 1 aromatic rings. The molecule has 106 valence electrons. The molecule has 0 amide bonds. The third kappa shape index (κ3) is 3.56. The summed E-state index contributed by atoms with van der Waals surface area (Å²) < 4.78 is 27.5. The highest BCUT2D eigenvalue weighted by molar-refractivity contribution is 9.10. The number of hydrogen-bond donors (Lipinski definition) is 1. The van der Waals surface area contributed by atoms with Crippen LogP contribution in [-0.4, -0.2) is 39.4 Å². The van der Waals surface area contributed by atoms with E-state index in [2.05, 4.69) is 21.2 Å². The summed E-state index contributed by atoms with van der Waals surface area (Å²) in [6.45, 7) is 2.09. The predicted molar refractivity (Wildman–Crippen MR) is 79.6 cm³/mol. The van der Waals surface area contributed by atoms with E-state index in [1.165, 1.54) is 0 Å². The molecule has 0 aromatic heterocycles. The molecule has 2 rings (SSSR count). The minimum atomic E-state index is -3.36. The second kappa shape index (κ2) is 6.35. The van der Waals surface area contributed by atoms with Crippen LogP contribution in [0, 0.1) is 5.92 Å². The zero-order valence-electron chi connectivity index (χ0n) is 11.0. The van der Waals surface area contributed by atoms with Crippen LogP contribution in [0.3, 0.4) is 0 Å². The smallest absolute Gasteiger partial charge is 0.243 e. The molecule has 0 bridgehead atoms. The second-order valence-corrected chi connectivity index (χ2v) is 7.74. The first-order valence-electron chi connectivity index (χ1n) is 6.44. The van der Waals surface area contributed by atoms with Gasteiger partial charge in [-0.05, 0) is 50.6 Å². The van der Waals surface area contributed by atoms with Gasteiger partial charge in [-0.1, -0.05) is 22.0 Å². The van der Waals surface area contributed by atoms with Crippen molar-refractivity contribution in [3.05, 3.63) is 28.7 Å². The fraction of sp³-hybridized carbons (Fsp3) is 0.538. The number of benzene rings is 1. The molecule has 1 aromatic carbocycles. The van der Waals surface area contributed by atoms with Crippen molar-refractivity contribution in [1.82, 2.24) is 9.62 Å². The highest BCUT2D eigenvalue weighted by atomic mass is 79.9. The van der Waals surface area contributed by atoms with Crippen LogP contribution in [-0.2, 0) is 10.0 Å². The number of rotatable bonds is 4.